The van der Waals surface area contributed by atoms with E-state index in [1.165, 1.54) is 20.0 Å². The molecule has 0 aromatic rings. The van der Waals surface area contributed by atoms with Crippen LogP contribution in [0.25, 0.3) is 0 Å². The van der Waals surface area contributed by atoms with Gasteiger partial charge in [-0.25, -0.2) is 0 Å². The van der Waals surface area contributed by atoms with Crippen LogP contribution in [-0.4, -0.2) is 13.1 Å². The summed E-state index contributed by atoms with van der Waals surface area (Å²) >= 11 is 0. The van der Waals surface area contributed by atoms with Crippen LogP contribution in [0.3, 0.4) is 0 Å². The summed E-state index contributed by atoms with van der Waals surface area (Å²) in [5.74, 6) is 2.61. The lowest BCUT2D eigenvalue weighted by molar-refractivity contribution is -0.150. The number of rotatable bonds is 3. The van der Waals surface area contributed by atoms with Gasteiger partial charge in [0, 0.05) is 0 Å². The van der Waals surface area contributed by atoms with Gasteiger partial charge >= 0.3 is 5.97 Å². The van der Waals surface area contributed by atoms with Gasteiger partial charge in [-0.1, -0.05) is 27.7 Å². The summed E-state index contributed by atoms with van der Waals surface area (Å²) in [4.78, 5) is 11.8. The first-order valence-corrected chi connectivity index (χ1v) is 6.55. The number of esters is 1. The molecule has 0 radical (unpaired) electrons. The van der Waals surface area contributed by atoms with Crippen molar-refractivity contribution in [2.75, 3.05) is 7.11 Å². The normalized spacial score (nSPS) is 30.8. The molecule has 0 aromatic heterocycles. The Morgan fingerprint density at radius 3 is 2.19 bits per heavy atom. The molecule has 1 saturated carbocycles. The highest BCUT2D eigenvalue weighted by Gasteiger charge is 2.38. The first-order valence-electron chi connectivity index (χ1n) is 6.55. The van der Waals surface area contributed by atoms with Crippen LogP contribution < -0.4 is 0 Å². The summed E-state index contributed by atoms with van der Waals surface area (Å²) < 4.78 is 4.96. The summed E-state index contributed by atoms with van der Waals surface area (Å²) in [5, 5.41) is 0. The quantitative estimate of drug-likeness (QED) is 0.688. The Balaban J connectivity index is 2.73. The van der Waals surface area contributed by atoms with Gasteiger partial charge in [0.2, 0.25) is 0 Å². The monoisotopic (exact) mass is 226 g/mol. The molecule has 16 heavy (non-hydrogen) atoms. The van der Waals surface area contributed by atoms with Crippen molar-refractivity contribution in [2.24, 2.45) is 29.6 Å². The molecular weight excluding hydrogens is 200 g/mol. The van der Waals surface area contributed by atoms with Gasteiger partial charge in [0.05, 0.1) is 13.0 Å². The van der Waals surface area contributed by atoms with Crippen molar-refractivity contribution in [1.29, 1.82) is 0 Å². The van der Waals surface area contributed by atoms with E-state index in [1.807, 2.05) is 0 Å². The molecule has 0 aliphatic heterocycles. The molecule has 2 heteroatoms. The summed E-state index contributed by atoms with van der Waals surface area (Å²) in [6, 6.07) is 0. The number of hydrogen-bond donors (Lipinski definition) is 0. The number of carbonyl (C=O) groups excluding carboxylic acids is 1. The Labute approximate surface area is 99.8 Å². The summed E-state index contributed by atoms with van der Waals surface area (Å²) in [5.41, 5.74) is 0. The average Bonchev–Trinajstić information content (AvgIpc) is 2.26. The van der Waals surface area contributed by atoms with Crippen molar-refractivity contribution < 1.29 is 9.53 Å². The maximum Gasteiger partial charge on any atom is 0.308 e. The second kappa shape index (κ2) is 5.70. The van der Waals surface area contributed by atoms with E-state index in [0.717, 1.165) is 6.42 Å². The van der Waals surface area contributed by atoms with E-state index in [9.17, 15) is 4.79 Å². The van der Waals surface area contributed by atoms with Crippen LogP contribution in [0.5, 0.6) is 0 Å². The third-order valence-corrected chi connectivity index (χ3v) is 4.25. The van der Waals surface area contributed by atoms with E-state index in [-0.39, 0.29) is 11.9 Å². The molecule has 0 N–H and O–H groups in total. The van der Waals surface area contributed by atoms with Crippen LogP contribution in [-0.2, 0) is 9.53 Å². The van der Waals surface area contributed by atoms with Crippen LogP contribution in [0.15, 0.2) is 0 Å². The lowest BCUT2D eigenvalue weighted by Crippen LogP contribution is -2.35. The zero-order chi connectivity index (χ0) is 12.3. The summed E-state index contributed by atoms with van der Waals surface area (Å²) in [6.45, 7) is 8.95. The lowest BCUT2D eigenvalue weighted by atomic mass is 9.67. The van der Waals surface area contributed by atoms with Gasteiger partial charge in [-0.05, 0) is 42.9 Å². The van der Waals surface area contributed by atoms with Crippen LogP contribution >= 0.6 is 0 Å². The van der Waals surface area contributed by atoms with Gasteiger partial charge in [0.1, 0.15) is 0 Å². The van der Waals surface area contributed by atoms with Crippen LogP contribution in [0.1, 0.15) is 47.0 Å². The van der Waals surface area contributed by atoms with E-state index in [2.05, 4.69) is 27.7 Å². The minimum absolute atomic E-state index is 0.00375. The molecule has 0 bridgehead atoms. The number of ether oxygens (including phenoxy) is 1. The Bertz CT molecular complexity index is 233. The standard InChI is InChI=1S/C14H26O2/c1-9(2)11-6-7-12(10(3)4)13(8-11)14(15)16-5/h9-13H,6-8H2,1-5H3. The van der Waals surface area contributed by atoms with E-state index < -0.39 is 0 Å². The second-order valence-electron chi connectivity index (χ2n) is 5.85. The fraction of sp³-hybridized carbons (Fsp3) is 0.929. The SMILES string of the molecule is COC(=O)C1CC(C(C)C)CCC1C(C)C. The van der Waals surface area contributed by atoms with Gasteiger partial charge in [0.15, 0.2) is 0 Å². The molecule has 1 aliphatic carbocycles. The van der Waals surface area contributed by atoms with Crippen molar-refractivity contribution in [1.82, 2.24) is 0 Å². The average molecular weight is 226 g/mol. The first kappa shape index (κ1) is 13.5. The van der Waals surface area contributed by atoms with E-state index in [4.69, 9.17) is 4.74 Å². The van der Waals surface area contributed by atoms with Gasteiger partial charge in [-0.3, -0.25) is 4.79 Å². The van der Waals surface area contributed by atoms with Crippen molar-refractivity contribution in [3.05, 3.63) is 0 Å². The molecule has 0 aromatic carbocycles. The van der Waals surface area contributed by atoms with Crippen molar-refractivity contribution in [2.45, 2.75) is 47.0 Å². The fourth-order valence-corrected chi connectivity index (χ4v) is 3.05. The molecule has 0 saturated heterocycles. The molecule has 0 spiro atoms. The van der Waals surface area contributed by atoms with Crippen molar-refractivity contribution in [3.63, 3.8) is 0 Å². The number of carbonyl (C=O) groups is 1. The third kappa shape index (κ3) is 2.99. The zero-order valence-corrected chi connectivity index (χ0v) is 11.3. The van der Waals surface area contributed by atoms with E-state index >= 15 is 0 Å². The molecule has 2 nitrogen and oxygen atoms in total. The summed E-state index contributed by atoms with van der Waals surface area (Å²) in [6.07, 6.45) is 3.47. The number of methoxy groups -OCH3 is 1. The Morgan fingerprint density at radius 1 is 1.12 bits per heavy atom. The Hall–Kier alpha value is -0.530. The Morgan fingerprint density at radius 2 is 1.75 bits per heavy atom. The van der Waals surface area contributed by atoms with Gasteiger partial charge < -0.3 is 4.74 Å². The minimum atomic E-state index is 0.00375. The molecular formula is C14H26O2. The minimum Gasteiger partial charge on any atom is -0.469 e. The van der Waals surface area contributed by atoms with Crippen molar-refractivity contribution >= 4 is 5.97 Å². The van der Waals surface area contributed by atoms with Crippen molar-refractivity contribution in [3.8, 4) is 0 Å². The number of hydrogen-bond acceptors (Lipinski definition) is 2. The lowest BCUT2D eigenvalue weighted by Gasteiger charge is -2.38. The van der Waals surface area contributed by atoms with Gasteiger partial charge in [-0.15, -0.1) is 0 Å². The third-order valence-electron chi connectivity index (χ3n) is 4.25. The highest BCUT2D eigenvalue weighted by atomic mass is 16.5. The fourth-order valence-electron chi connectivity index (χ4n) is 3.05. The predicted molar refractivity (Wildman–Crippen MR) is 66.0 cm³/mol. The highest BCUT2D eigenvalue weighted by Crippen LogP contribution is 2.41. The molecule has 3 unspecified atom stereocenters. The van der Waals surface area contributed by atoms with Crippen LogP contribution in [0.4, 0.5) is 0 Å². The maximum atomic E-state index is 11.8. The molecule has 0 amide bonds. The van der Waals surface area contributed by atoms with Gasteiger partial charge in [-0.2, -0.15) is 0 Å². The van der Waals surface area contributed by atoms with E-state index in [1.54, 1.807) is 0 Å². The summed E-state index contributed by atoms with van der Waals surface area (Å²) in [7, 11) is 1.51. The maximum absolute atomic E-state index is 11.8. The molecule has 0 heterocycles. The molecule has 1 aliphatic rings. The smallest absolute Gasteiger partial charge is 0.308 e. The molecule has 1 rings (SSSR count). The second-order valence-corrected chi connectivity index (χ2v) is 5.85. The highest BCUT2D eigenvalue weighted by molar-refractivity contribution is 5.72. The first-order chi connectivity index (χ1) is 7.47. The predicted octanol–water partition coefficient (Wildman–Crippen LogP) is 3.50. The molecule has 3 atom stereocenters. The largest absolute Gasteiger partial charge is 0.469 e. The zero-order valence-electron chi connectivity index (χ0n) is 11.3. The molecule has 1 fully saturated rings. The Kier molecular flexibility index (Phi) is 4.82. The van der Waals surface area contributed by atoms with E-state index in [0.29, 0.717) is 23.7 Å². The topological polar surface area (TPSA) is 26.3 Å². The van der Waals surface area contributed by atoms with Crippen LogP contribution in [0, 0.1) is 29.6 Å². The molecule has 94 valence electrons. The van der Waals surface area contributed by atoms with Gasteiger partial charge in [0.25, 0.3) is 0 Å². The van der Waals surface area contributed by atoms with Crippen LogP contribution in [0.2, 0.25) is 0 Å².